The number of aliphatic hydroxyl groups excluding tert-OH is 1. The first kappa shape index (κ1) is 70.1. The molecule has 0 radical (unpaired) electrons. The number of hydrogen-bond acceptors (Lipinski definition) is 6. The van der Waals surface area contributed by atoms with Crippen LogP contribution in [-0.4, -0.2) is 68.5 Å². The Kier molecular flexibility index (Phi) is 51.1. The van der Waals surface area contributed by atoms with Gasteiger partial charge in [-0.3, -0.25) is 9.36 Å². The molecule has 0 aliphatic rings. The summed E-state index contributed by atoms with van der Waals surface area (Å²) in [5.41, 5.74) is 0. The van der Waals surface area contributed by atoms with Crippen LogP contribution in [0.25, 0.3) is 0 Å². The third-order valence-electron chi connectivity index (χ3n) is 11.7. The van der Waals surface area contributed by atoms with E-state index in [4.69, 9.17) is 9.05 Å². The molecule has 1 amide bonds. The molecular weight excluding hydrogens is 936 g/mol. The van der Waals surface area contributed by atoms with Crippen molar-refractivity contribution in [3.8, 4) is 0 Å². The van der Waals surface area contributed by atoms with Crippen molar-refractivity contribution < 1.29 is 32.9 Å². The van der Waals surface area contributed by atoms with Crippen molar-refractivity contribution in [3.05, 3.63) is 158 Å². The second-order valence-corrected chi connectivity index (χ2v) is 21.3. The van der Waals surface area contributed by atoms with Gasteiger partial charge in [-0.05, 0) is 122 Å². The van der Waals surface area contributed by atoms with Crippen LogP contribution >= 0.6 is 7.82 Å². The van der Waals surface area contributed by atoms with Gasteiger partial charge in [-0.2, -0.15) is 0 Å². The van der Waals surface area contributed by atoms with Crippen molar-refractivity contribution in [2.75, 3.05) is 40.9 Å². The zero-order valence-electron chi connectivity index (χ0n) is 47.5. The highest BCUT2D eigenvalue weighted by atomic mass is 31.2. The average Bonchev–Trinajstić information content (AvgIpc) is 3.36. The summed E-state index contributed by atoms with van der Waals surface area (Å²) in [5.74, 6) is -0.244. The number of nitrogens with one attached hydrogen (secondary N) is 1. The van der Waals surface area contributed by atoms with Crippen molar-refractivity contribution in [1.29, 1.82) is 0 Å². The molecule has 0 aromatic rings. The van der Waals surface area contributed by atoms with E-state index in [0.717, 1.165) is 116 Å². The Balaban J connectivity index is 4.34. The summed E-state index contributed by atoms with van der Waals surface area (Å²) in [4.78, 5) is 25.5. The molecule has 3 unspecified atom stereocenters. The monoisotopic (exact) mass is 1040 g/mol. The van der Waals surface area contributed by atoms with Crippen LogP contribution in [0.15, 0.2) is 158 Å². The van der Waals surface area contributed by atoms with E-state index in [9.17, 15) is 19.4 Å². The lowest BCUT2D eigenvalue weighted by atomic mass is 10.1. The molecular formula is C65H107N2O6P. The summed E-state index contributed by atoms with van der Waals surface area (Å²) < 4.78 is 23.3. The van der Waals surface area contributed by atoms with Crippen molar-refractivity contribution in [2.45, 2.75) is 206 Å². The fraction of sp³-hybridized carbons (Fsp3) is 0.585. The van der Waals surface area contributed by atoms with Crippen molar-refractivity contribution in [2.24, 2.45) is 0 Å². The highest BCUT2D eigenvalue weighted by molar-refractivity contribution is 7.45. The summed E-state index contributed by atoms with van der Waals surface area (Å²) >= 11 is 0. The number of quaternary nitrogens is 1. The van der Waals surface area contributed by atoms with Gasteiger partial charge in [-0.1, -0.05) is 223 Å². The molecule has 0 aliphatic carbocycles. The van der Waals surface area contributed by atoms with Crippen LogP contribution < -0.4 is 10.2 Å². The van der Waals surface area contributed by atoms with Crippen molar-refractivity contribution in [3.63, 3.8) is 0 Å². The maximum Gasteiger partial charge on any atom is 0.268 e. The third kappa shape index (κ3) is 55.9. The number of likely N-dealkylation sites (N-methyl/N-ethyl adjacent to an activating group) is 1. The number of phosphoric acid groups is 1. The minimum absolute atomic E-state index is 0.0235. The highest BCUT2D eigenvalue weighted by Crippen LogP contribution is 2.38. The second-order valence-electron chi connectivity index (χ2n) is 19.9. The molecule has 0 saturated carbocycles. The second kappa shape index (κ2) is 53.9. The van der Waals surface area contributed by atoms with E-state index in [1.807, 2.05) is 27.2 Å². The third-order valence-corrected chi connectivity index (χ3v) is 12.7. The predicted molar refractivity (Wildman–Crippen MR) is 320 cm³/mol. The van der Waals surface area contributed by atoms with Gasteiger partial charge in [0.05, 0.1) is 39.9 Å². The van der Waals surface area contributed by atoms with E-state index < -0.39 is 26.6 Å². The standard InChI is InChI=1S/C65H107N2O6P/c1-6-8-10-12-14-16-18-20-22-24-25-26-27-28-29-30-31-32-33-34-35-36-37-38-39-40-41-43-45-47-49-51-53-55-57-59-65(69)66-63(62-73-74(70,71)72-61-60-67(3,4)5)64(68)58-56-54-52-50-48-46-44-42-23-21-19-17-15-13-11-9-7-2/h8,10,14,16,20,22-23,25-26,28-29,31-32,34-35,37-38,40-42,45,47-48,50,56,58,63-64,68H,6-7,9,11-13,15,17-19,21,24,27,30,33,36,39,43-44,46,49,51-55,57,59-62H2,1-5H3,(H-,66,69,70,71)/b10-8-,16-14-,22-20-,26-25-,29-28-,32-31-,35-34-,38-37-,41-40-,42-23+,47-45-,50-48+,58-56+. The highest BCUT2D eigenvalue weighted by Gasteiger charge is 2.23. The molecule has 0 spiro atoms. The number of carbonyl (C=O) groups is 1. The van der Waals surface area contributed by atoms with Crippen LogP contribution in [0.1, 0.15) is 194 Å². The van der Waals surface area contributed by atoms with E-state index in [2.05, 4.69) is 165 Å². The molecule has 0 bridgehead atoms. The number of nitrogens with zero attached hydrogens (tertiary/aromatic N) is 1. The SMILES string of the molecule is CC/C=C\C/C=C\C/C=C\C/C=C\C/C=C\C/C=C\C/C=C\C/C=C\C/C=C\C/C=C\CCCCCCC(=O)NC(COP(=O)([O-])OCC[N+](C)(C)C)C(O)/C=C/CC/C=C/CC/C=C/CCCCCCCCC. The van der Waals surface area contributed by atoms with Gasteiger partial charge < -0.3 is 28.8 Å². The van der Waals surface area contributed by atoms with Gasteiger partial charge in [0.25, 0.3) is 7.82 Å². The molecule has 0 aromatic heterocycles. The zero-order valence-corrected chi connectivity index (χ0v) is 48.4. The quantitative estimate of drug-likeness (QED) is 0.0272. The maximum atomic E-state index is 12.9. The van der Waals surface area contributed by atoms with E-state index in [-0.39, 0.29) is 18.9 Å². The van der Waals surface area contributed by atoms with Gasteiger partial charge in [0.2, 0.25) is 5.91 Å². The molecule has 2 N–H and O–H groups in total. The molecule has 3 atom stereocenters. The lowest BCUT2D eigenvalue weighted by Crippen LogP contribution is -2.45. The first-order valence-corrected chi connectivity index (χ1v) is 30.3. The van der Waals surface area contributed by atoms with Gasteiger partial charge in [0, 0.05) is 6.42 Å². The molecule has 9 heteroatoms. The summed E-state index contributed by atoms with van der Waals surface area (Å²) in [5, 5.41) is 13.8. The molecule has 74 heavy (non-hydrogen) atoms. The van der Waals surface area contributed by atoms with E-state index >= 15 is 0 Å². The Morgan fingerprint density at radius 1 is 0.486 bits per heavy atom. The molecule has 8 nitrogen and oxygen atoms in total. The number of rotatable bonds is 50. The molecule has 0 aliphatic heterocycles. The first-order chi connectivity index (χ1) is 36.0. The molecule has 0 saturated heterocycles. The Hall–Kier alpha value is -3.88. The van der Waals surface area contributed by atoms with Gasteiger partial charge in [0.1, 0.15) is 13.2 Å². The molecule has 0 rings (SSSR count). The normalized spacial score (nSPS) is 15.1. The molecule has 0 fully saturated rings. The molecule has 0 heterocycles. The first-order valence-electron chi connectivity index (χ1n) is 28.8. The van der Waals surface area contributed by atoms with Crippen molar-refractivity contribution in [1.82, 2.24) is 5.32 Å². The summed E-state index contributed by atoms with van der Waals surface area (Å²) in [6.45, 7) is 4.45. The zero-order chi connectivity index (χ0) is 54.2. The van der Waals surface area contributed by atoms with E-state index in [1.165, 1.54) is 44.9 Å². The van der Waals surface area contributed by atoms with Crippen LogP contribution in [0.3, 0.4) is 0 Å². The summed E-state index contributed by atoms with van der Waals surface area (Å²) in [6.07, 6.45) is 84.6. The summed E-state index contributed by atoms with van der Waals surface area (Å²) in [7, 11) is 1.19. The number of carbonyl (C=O) groups excluding carboxylic acids is 1. The van der Waals surface area contributed by atoms with E-state index in [1.54, 1.807) is 6.08 Å². The fourth-order valence-corrected chi connectivity index (χ4v) is 7.93. The van der Waals surface area contributed by atoms with Gasteiger partial charge in [-0.15, -0.1) is 0 Å². The van der Waals surface area contributed by atoms with Crippen LogP contribution in [0.5, 0.6) is 0 Å². The number of phosphoric ester groups is 1. The fourth-order valence-electron chi connectivity index (χ4n) is 7.21. The van der Waals surface area contributed by atoms with Crippen LogP contribution in [0, 0.1) is 0 Å². The Morgan fingerprint density at radius 2 is 0.838 bits per heavy atom. The number of aliphatic hydroxyl groups is 1. The van der Waals surface area contributed by atoms with Gasteiger partial charge in [0.15, 0.2) is 0 Å². The minimum atomic E-state index is -4.63. The van der Waals surface area contributed by atoms with Crippen LogP contribution in [0.2, 0.25) is 0 Å². The maximum absolute atomic E-state index is 12.9. The number of amides is 1. The smallest absolute Gasteiger partial charge is 0.268 e. The van der Waals surface area contributed by atoms with Crippen LogP contribution in [-0.2, 0) is 18.4 Å². The Morgan fingerprint density at radius 3 is 1.26 bits per heavy atom. The minimum Gasteiger partial charge on any atom is -0.756 e. The predicted octanol–water partition coefficient (Wildman–Crippen LogP) is 17.2. The number of unbranched alkanes of at least 4 members (excludes halogenated alkanes) is 13. The summed E-state index contributed by atoms with van der Waals surface area (Å²) in [6, 6.07) is -0.936. The largest absolute Gasteiger partial charge is 0.756 e. The van der Waals surface area contributed by atoms with Gasteiger partial charge >= 0.3 is 0 Å². The molecule has 418 valence electrons. The average molecular weight is 1040 g/mol. The van der Waals surface area contributed by atoms with Crippen molar-refractivity contribution >= 4 is 13.7 Å². The molecule has 0 aromatic carbocycles. The van der Waals surface area contributed by atoms with Crippen LogP contribution in [0.4, 0.5) is 0 Å². The van der Waals surface area contributed by atoms with Gasteiger partial charge in [-0.25, -0.2) is 0 Å². The Labute approximate surface area is 454 Å². The van der Waals surface area contributed by atoms with E-state index in [0.29, 0.717) is 23.9 Å². The topological polar surface area (TPSA) is 108 Å². The Bertz CT molecular complexity index is 1750. The lowest BCUT2D eigenvalue weighted by Gasteiger charge is -2.29. The number of allylic oxidation sites excluding steroid dienone is 25. The lowest BCUT2D eigenvalue weighted by molar-refractivity contribution is -0.870. The number of hydrogen-bond donors (Lipinski definition) is 2.